The van der Waals surface area contributed by atoms with Crippen molar-refractivity contribution in [2.45, 2.75) is 28.9 Å². The second-order valence-corrected chi connectivity index (χ2v) is 6.45. The molecule has 0 aromatic heterocycles. The molecule has 0 heterocycles. The number of hydrogen-bond donors (Lipinski definition) is 1. The van der Waals surface area contributed by atoms with Gasteiger partial charge in [-0.2, -0.15) is 5.26 Å². The van der Waals surface area contributed by atoms with E-state index >= 15 is 0 Å². The fourth-order valence-electron chi connectivity index (χ4n) is 2.53. The van der Waals surface area contributed by atoms with Gasteiger partial charge in [0.1, 0.15) is 4.75 Å². The summed E-state index contributed by atoms with van der Waals surface area (Å²) in [6.45, 7) is 0. The van der Waals surface area contributed by atoms with E-state index in [4.69, 9.17) is 5.26 Å². The van der Waals surface area contributed by atoms with E-state index in [2.05, 4.69) is 6.07 Å². The summed E-state index contributed by atoms with van der Waals surface area (Å²) in [5.41, 5.74) is 0.628. The molecule has 0 atom stereocenters. The van der Waals surface area contributed by atoms with Gasteiger partial charge in [-0.05, 0) is 36.8 Å². The summed E-state index contributed by atoms with van der Waals surface area (Å²) in [6, 6.07) is 13.5. The quantitative estimate of drug-likeness (QED) is 0.930. The second kappa shape index (κ2) is 4.84. The molecule has 0 unspecified atom stereocenters. The number of thioether (sulfide) groups is 1. The molecule has 2 aromatic carbocycles. The van der Waals surface area contributed by atoms with Crippen molar-refractivity contribution >= 4 is 28.5 Å². The van der Waals surface area contributed by atoms with Gasteiger partial charge in [0.2, 0.25) is 0 Å². The third kappa shape index (κ3) is 1.95. The minimum atomic E-state index is -0.734. The number of nitrogens with zero attached hydrogens (tertiary/aromatic N) is 1. The van der Waals surface area contributed by atoms with Crippen molar-refractivity contribution in [3.63, 3.8) is 0 Å². The molecule has 0 amide bonds. The third-order valence-corrected chi connectivity index (χ3v) is 5.41. The molecule has 1 fully saturated rings. The van der Waals surface area contributed by atoms with Crippen LogP contribution in [0.1, 0.15) is 24.8 Å². The Hall–Kier alpha value is -1.99. The monoisotopic (exact) mass is 283 g/mol. The number of rotatable bonds is 3. The minimum Gasteiger partial charge on any atom is -0.480 e. The summed E-state index contributed by atoms with van der Waals surface area (Å²) in [4.78, 5) is 12.4. The van der Waals surface area contributed by atoms with Crippen molar-refractivity contribution in [2.24, 2.45) is 0 Å². The first-order valence-electron chi connectivity index (χ1n) is 6.50. The summed E-state index contributed by atoms with van der Waals surface area (Å²) in [7, 11) is 0. The summed E-state index contributed by atoms with van der Waals surface area (Å²) < 4.78 is -0.684. The Balaban J connectivity index is 2.09. The molecular formula is C16H13NO2S. The highest BCUT2D eigenvalue weighted by atomic mass is 32.2. The molecule has 20 heavy (non-hydrogen) atoms. The number of fused-ring (bicyclic) bond motifs is 1. The van der Waals surface area contributed by atoms with E-state index in [1.165, 1.54) is 11.8 Å². The van der Waals surface area contributed by atoms with Gasteiger partial charge in [0.05, 0.1) is 11.6 Å². The molecule has 0 radical (unpaired) electrons. The van der Waals surface area contributed by atoms with E-state index in [-0.39, 0.29) is 0 Å². The summed E-state index contributed by atoms with van der Waals surface area (Å²) in [5, 5.41) is 20.4. The average Bonchev–Trinajstić information content (AvgIpc) is 2.42. The van der Waals surface area contributed by atoms with Crippen molar-refractivity contribution in [2.75, 3.05) is 0 Å². The molecule has 3 rings (SSSR count). The van der Waals surface area contributed by atoms with Crippen LogP contribution in [0.5, 0.6) is 0 Å². The van der Waals surface area contributed by atoms with E-state index in [1.54, 1.807) is 6.07 Å². The van der Waals surface area contributed by atoms with Gasteiger partial charge in [-0.1, -0.05) is 24.3 Å². The molecule has 0 aliphatic heterocycles. The topological polar surface area (TPSA) is 61.1 Å². The summed E-state index contributed by atoms with van der Waals surface area (Å²) in [6.07, 6.45) is 2.39. The lowest BCUT2D eigenvalue weighted by atomic mass is 9.84. The van der Waals surface area contributed by atoms with Crippen molar-refractivity contribution < 1.29 is 9.90 Å². The Labute approximate surface area is 121 Å². The first kappa shape index (κ1) is 13.0. The largest absolute Gasteiger partial charge is 0.480 e. The van der Waals surface area contributed by atoms with Crippen LogP contribution >= 0.6 is 11.8 Å². The summed E-state index contributed by atoms with van der Waals surface area (Å²) >= 11 is 1.43. The predicted octanol–water partition coefficient (Wildman–Crippen LogP) is 3.81. The Morgan fingerprint density at radius 1 is 1.20 bits per heavy atom. The van der Waals surface area contributed by atoms with Crippen LogP contribution in [0.4, 0.5) is 0 Å². The van der Waals surface area contributed by atoms with E-state index < -0.39 is 10.7 Å². The Morgan fingerprint density at radius 2 is 1.90 bits per heavy atom. The van der Waals surface area contributed by atoms with Crippen molar-refractivity contribution in [1.82, 2.24) is 0 Å². The molecule has 1 aliphatic carbocycles. The second-order valence-electron chi connectivity index (χ2n) is 5.02. The lowest BCUT2D eigenvalue weighted by Gasteiger charge is -2.37. The summed E-state index contributed by atoms with van der Waals surface area (Å²) in [5.74, 6) is -0.734. The zero-order valence-electron chi connectivity index (χ0n) is 10.8. The van der Waals surface area contributed by atoms with E-state index in [0.29, 0.717) is 18.4 Å². The molecule has 1 aliphatic rings. The van der Waals surface area contributed by atoms with Crippen LogP contribution in [0.3, 0.4) is 0 Å². The maximum atomic E-state index is 11.5. The number of hydrogen-bond acceptors (Lipinski definition) is 3. The molecular weight excluding hydrogens is 270 g/mol. The number of nitriles is 1. The zero-order valence-corrected chi connectivity index (χ0v) is 11.6. The Kier molecular flexibility index (Phi) is 3.15. The SMILES string of the molecule is N#Cc1ccc(SC2(C(=O)O)CCC2)c2ccccc12. The molecule has 1 saturated carbocycles. The van der Waals surface area contributed by atoms with Gasteiger partial charge >= 0.3 is 5.97 Å². The normalized spacial score (nSPS) is 16.4. The minimum absolute atomic E-state index is 0.628. The van der Waals surface area contributed by atoms with Crippen LogP contribution in [0, 0.1) is 11.3 Å². The van der Waals surface area contributed by atoms with Crippen molar-refractivity contribution in [3.05, 3.63) is 42.0 Å². The molecule has 3 nitrogen and oxygen atoms in total. The van der Waals surface area contributed by atoms with Gasteiger partial charge in [0, 0.05) is 10.3 Å². The zero-order chi connectivity index (χ0) is 14.2. The van der Waals surface area contributed by atoms with Crippen molar-refractivity contribution in [3.8, 4) is 6.07 Å². The smallest absolute Gasteiger partial charge is 0.320 e. The number of carbonyl (C=O) groups is 1. The highest BCUT2D eigenvalue weighted by Gasteiger charge is 2.45. The lowest BCUT2D eigenvalue weighted by Crippen LogP contribution is -2.41. The van der Waals surface area contributed by atoms with Gasteiger partial charge in [-0.25, -0.2) is 0 Å². The molecule has 100 valence electrons. The maximum Gasteiger partial charge on any atom is 0.320 e. The van der Waals surface area contributed by atoms with Crippen LogP contribution in [0.15, 0.2) is 41.3 Å². The fraction of sp³-hybridized carbons (Fsp3) is 0.250. The Bertz CT molecular complexity index is 729. The van der Waals surface area contributed by atoms with Crippen LogP contribution in [0.25, 0.3) is 10.8 Å². The first-order chi connectivity index (χ1) is 9.66. The third-order valence-electron chi connectivity index (χ3n) is 3.86. The first-order valence-corrected chi connectivity index (χ1v) is 7.32. The molecule has 0 saturated heterocycles. The number of aliphatic carboxylic acids is 1. The molecule has 4 heteroatoms. The van der Waals surface area contributed by atoms with Gasteiger partial charge < -0.3 is 5.11 Å². The van der Waals surface area contributed by atoms with Crippen LogP contribution in [0.2, 0.25) is 0 Å². The molecule has 0 bridgehead atoms. The average molecular weight is 283 g/mol. The number of carboxylic acids is 1. The van der Waals surface area contributed by atoms with Crippen LogP contribution in [-0.4, -0.2) is 15.8 Å². The molecule has 1 N–H and O–H groups in total. The van der Waals surface area contributed by atoms with E-state index in [0.717, 1.165) is 22.1 Å². The number of benzene rings is 2. The van der Waals surface area contributed by atoms with E-state index in [1.807, 2.05) is 30.3 Å². The van der Waals surface area contributed by atoms with Gasteiger partial charge in [-0.15, -0.1) is 11.8 Å². The van der Waals surface area contributed by atoms with Crippen LogP contribution in [-0.2, 0) is 4.79 Å². The highest BCUT2D eigenvalue weighted by molar-refractivity contribution is 8.01. The predicted molar refractivity (Wildman–Crippen MR) is 78.7 cm³/mol. The molecule has 0 spiro atoms. The number of carboxylic acid groups (broad SMARTS) is 1. The molecule has 2 aromatic rings. The fourth-order valence-corrected chi connectivity index (χ4v) is 3.95. The Morgan fingerprint density at radius 3 is 2.45 bits per heavy atom. The van der Waals surface area contributed by atoms with Crippen molar-refractivity contribution in [1.29, 1.82) is 5.26 Å². The highest BCUT2D eigenvalue weighted by Crippen LogP contribution is 2.49. The van der Waals surface area contributed by atoms with Gasteiger partial charge in [0.15, 0.2) is 0 Å². The maximum absolute atomic E-state index is 11.5. The van der Waals surface area contributed by atoms with Gasteiger partial charge in [-0.3, -0.25) is 4.79 Å². The van der Waals surface area contributed by atoms with Crippen LogP contribution < -0.4 is 0 Å². The van der Waals surface area contributed by atoms with E-state index in [9.17, 15) is 9.90 Å². The standard InChI is InChI=1S/C16H13NO2S/c17-10-11-6-7-14(13-5-2-1-4-12(11)13)20-16(15(18)19)8-3-9-16/h1-2,4-7H,3,8-9H2,(H,18,19). The lowest BCUT2D eigenvalue weighted by molar-refractivity contribution is -0.142. The van der Waals surface area contributed by atoms with Gasteiger partial charge in [0.25, 0.3) is 0 Å².